The summed E-state index contributed by atoms with van der Waals surface area (Å²) in [6, 6.07) is 91.1. The summed E-state index contributed by atoms with van der Waals surface area (Å²) in [7, 11) is 0. The number of pyridine rings is 1. The van der Waals surface area contributed by atoms with E-state index in [9.17, 15) is 0 Å². The Hall–Kier alpha value is -9.05. The molecule has 0 radical (unpaired) electrons. The van der Waals surface area contributed by atoms with Gasteiger partial charge in [-0.25, -0.2) is 4.98 Å². The first kappa shape index (κ1) is 39.3. The molecule has 68 heavy (non-hydrogen) atoms. The Morgan fingerprint density at radius 2 is 0.750 bits per heavy atom. The molecule has 0 aliphatic carbocycles. The zero-order chi connectivity index (χ0) is 45.0. The van der Waals surface area contributed by atoms with Gasteiger partial charge >= 0.3 is 0 Å². The minimum Gasteiger partial charge on any atom is -0.455 e. The average molecular weight is 867 g/mol. The lowest BCUT2D eigenvalue weighted by atomic mass is 9.97. The van der Waals surface area contributed by atoms with Gasteiger partial charge in [-0.15, -0.1) is 0 Å². The maximum Gasteiger partial charge on any atom is 0.143 e. The van der Waals surface area contributed by atoms with E-state index in [0.29, 0.717) is 0 Å². The first-order chi connectivity index (χ1) is 33.7. The van der Waals surface area contributed by atoms with E-state index in [0.717, 1.165) is 89.0 Å². The standard InChI is InChI=1S/C65H42N2O/c1-3-13-43(14-4-1)45-25-27-47(28-26-45)53-41-60(48-31-29-46(30-32-48)44-15-5-2-6-16-44)66-61(42-53)49-33-36-54(37-34-49)67-62-23-9-7-19-56(62)59-40-51(35-38-63(59)67)50-17-11-18-52(39-50)55-21-12-22-58-57-20-8-10-24-64(57)68-65(55)58/h1-42H. The summed E-state index contributed by atoms with van der Waals surface area (Å²) in [5, 5.41) is 4.70. The number of para-hydroxylation sites is 3. The van der Waals surface area contributed by atoms with Gasteiger partial charge in [-0.3, -0.25) is 0 Å². The van der Waals surface area contributed by atoms with Crippen molar-refractivity contribution in [3.8, 4) is 83.8 Å². The van der Waals surface area contributed by atoms with E-state index in [1.165, 1.54) is 38.6 Å². The third-order valence-electron chi connectivity index (χ3n) is 13.4. The van der Waals surface area contributed by atoms with Crippen molar-refractivity contribution < 1.29 is 4.42 Å². The van der Waals surface area contributed by atoms with E-state index in [1.807, 2.05) is 12.1 Å². The van der Waals surface area contributed by atoms with Crippen LogP contribution >= 0.6 is 0 Å². The highest BCUT2D eigenvalue weighted by atomic mass is 16.3. The topological polar surface area (TPSA) is 31.0 Å². The molecule has 3 aromatic heterocycles. The fraction of sp³-hybridized carbons (Fsp3) is 0. The van der Waals surface area contributed by atoms with Gasteiger partial charge in [0.2, 0.25) is 0 Å². The lowest BCUT2D eigenvalue weighted by Crippen LogP contribution is -1.95. The minimum absolute atomic E-state index is 0.907. The maximum absolute atomic E-state index is 6.44. The van der Waals surface area contributed by atoms with Gasteiger partial charge in [0.1, 0.15) is 11.2 Å². The Morgan fingerprint density at radius 3 is 1.44 bits per heavy atom. The van der Waals surface area contributed by atoms with Crippen LogP contribution in [0.4, 0.5) is 0 Å². The van der Waals surface area contributed by atoms with Crippen molar-refractivity contribution in [2.75, 3.05) is 0 Å². The molecule has 10 aromatic carbocycles. The Kier molecular flexibility index (Phi) is 9.50. The summed E-state index contributed by atoms with van der Waals surface area (Å²) >= 11 is 0. The first-order valence-electron chi connectivity index (χ1n) is 23.2. The molecule has 13 rings (SSSR count). The molecular formula is C65H42N2O. The van der Waals surface area contributed by atoms with Gasteiger partial charge in [-0.1, -0.05) is 200 Å². The number of nitrogens with zero attached hydrogens (tertiary/aromatic N) is 2. The van der Waals surface area contributed by atoms with E-state index >= 15 is 0 Å². The van der Waals surface area contributed by atoms with Crippen molar-refractivity contribution in [3.63, 3.8) is 0 Å². The molecule has 3 heteroatoms. The smallest absolute Gasteiger partial charge is 0.143 e. The molecule has 0 bridgehead atoms. The van der Waals surface area contributed by atoms with Gasteiger partial charge in [-0.05, 0) is 105 Å². The van der Waals surface area contributed by atoms with Crippen molar-refractivity contribution in [3.05, 3.63) is 255 Å². The molecule has 0 amide bonds. The van der Waals surface area contributed by atoms with Gasteiger partial charge in [0.05, 0.1) is 22.4 Å². The molecule has 0 unspecified atom stereocenters. The van der Waals surface area contributed by atoms with Crippen LogP contribution in [0.25, 0.3) is 128 Å². The Balaban J connectivity index is 0.868. The minimum atomic E-state index is 0.907. The maximum atomic E-state index is 6.44. The molecule has 0 atom stereocenters. The van der Waals surface area contributed by atoms with Crippen molar-refractivity contribution >= 4 is 43.7 Å². The van der Waals surface area contributed by atoms with E-state index in [1.54, 1.807) is 0 Å². The number of furan rings is 1. The van der Waals surface area contributed by atoms with Crippen molar-refractivity contribution in [2.45, 2.75) is 0 Å². The van der Waals surface area contributed by atoms with Gasteiger partial charge in [-0.2, -0.15) is 0 Å². The van der Waals surface area contributed by atoms with Crippen LogP contribution in [0.3, 0.4) is 0 Å². The summed E-state index contributed by atoms with van der Waals surface area (Å²) in [6.45, 7) is 0. The summed E-state index contributed by atoms with van der Waals surface area (Å²) in [5.41, 5.74) is 20.8. The predicted molar refractivity (Wildman–Crippen MR) is 284 cm³/mol. The molecule has 0 saturated carbocycles. The molecule has 0 aliphatic rings. The van der Waals surface area contributed by atoms with Gasteiger partial charge in [0.15, 0.2) is 0 Å². The molecule has 0 saturated heterocycles. The molecule has 3 nitrogen and oxygen atoms in total. The lowest BCUT2D eigenvalue weighted by molar-refractivity contribution is 0.670. The Bertz CT molecular complexity index is 3880. The number of fused-ring (bicyclic) bond motifs is 6. The molecule has 13 aromatic rings. The monoisotopic (exact) mass is 866 g/mol. The summed E-state index contributed by atoms with van der Waals surface area (Å²) in [6.07, 6.45) is 0. The summed E-state index contributed by atoms with van der Waals surface area (Å²) < 4.78 is 8.82. The van der Waals surface area contributed by atoms with Crippen LogP contribution in [0, 0.1) is 0 Å². The van der Waals surface area contributed by atoms with E-state index < -0.39 is 0 Å². The largest absolute Gasteiger partial charge is 0.455 e. The fourth-order valence-corrected chi connectivity index (χ4v) is 10.00. The number of rotatable bonds is 8. The first-order valence-corrected chi connectivity index (χ1v) is 23.2. The highest BCUT2D eigenvalue weighted by Crippen LogP contribution is 2.40. The Morgan fingerprint density at radius 1 is 0.279 bits per heavy atom. The van der Waals surface area contributed by atoms with Crippen molar-refractivity contribution in [1.82, 2.24) is 9.55 Å². The number of hydrogen-bond donors (Lipinski definition) is 0. The van der Waals surface area contributed by atoms with Crippen LogP contribution in [0.1, 0.15) is 0 Å². The highest BCUT2D eigenvalue weighted by molar-refractivity contribution is 6.11. The van der Waals surface area contributed by atoms with Crippen molar-refractivity contribution in [2.24, 2.45) is 0 Å². The van der Waals surface area contributed by atoms with Crippen LogP contribution in [0.15, 0.2) is 259 Å². The Labute approximate surface area is 394 Å². The molecule has 0 spiro atoms. The SMILES string of the molecule is c1ccc(-c2ccc(-c3cc(-c4ccc(-c5ccccc5)cc4)nc(-c4ccc(-n5c6ccccc6c6cc(-c7cccc(-c8cccc9c8oc8ccccc89)c7)ccc65)cc4)c3)cc2)cc1. The second kappa shape index (κ2) is 16.4. The summed E-state index contributed by atoms with van der Waals surface area (Å²) in [5.74, 6) is 0. The third-order valence-corrected chi connectivity index (χ3v) is 13.4. The van der Waals surface area contributed by atoms with Crippen molar-refractivity contribution in [1.29, 1.82) is 0 Å². The zero-order valence-electron chi connectivity index (χ0n) is 37.1. The number of hydrogen-bond acceptors (Lipinski definition) is 2. The van der Waals surface area contributed by atoms with Crippen LogP contribution in [-0.2, 0) is 0 Å². The van der Waals surface area contributed by atoms with Crippen LogP contribution in [0.2, 0.25) is 0 Å². The molecule has 0 N–H and O–H groups in total. The number of benzene rings is 10. The molecule has 0 fully saturated rings. The fourth-order valence-electron chi connectivity index (χ4n) is 10.00. The molecule has 3 heterocycles. The van der Waals surface area contributed by atoms with E-state index in [4.69, 9.17) is 9.40 Å². The highest BCUT2D eigenvalue weighted by Gasteiger charge is 2.17. The summed E-state index contributed by atoms with van der Waals surface area (Å²) in [4.78, 5) is 5.34. The van der Waals surface area contributed by atoms with E-state index in [-0.39, 0.29) is 0 Å². The average Bonchev–Trinajstić information content (AvgIpc) is 3.97. The predicted octanol–water partition coefficient (Wildman–Crippen LogP) is 17.7. The van der Waals surface area contributed by atoms with Crippen LogP contribution < -0.4 is 0 Å². The second-order valence-corrected chi connectivity index (χ2v) is 17.5. The zero-order valence-corrected chi connectivity index (χ0v) is 37.1. The second-order valence-electron chi connectivity index (χ2n) is 17.5. The third kappa shape index (κ3) is 6.97. The van der Waals surface area contributed by atoms with Crippen LogP contribution in [0.5, 0.6) is 0 Å². The lowest BCUT2D eigenvalue weighted by Gasteiger charge is -2.13. The molecule has 0 aliphatic heterocycles. The van der Waals surface area contributed by atoms with Gasteiger partial charge < -0.3 is 8.98 Å². The number of aromatic nitrogens is 2. The molecular weight excluding hydrogens is 825 g/mol. The van der Waals surface area contributed by atoms with E-state index in [2.05, 4.69) is 247 Å². The molecule has 318 valence electrons. The normalized spacial score (nSPS) is 11.5. The van der Waals surface area contributed by atoms with Gasteiger partial charge in [0.25, 0.3) is 0 Å². The van der Waals surface area contributed by atoms with Crippen LogP contribution in [-0.4, -0.2) is 9.55 Å². The quantitative estimate of drug-likeness (QED) is 0.152. The van der Waals surface area contributed by atoms with Gasteiger partial charge in [0, 0.05) is 43.9 Å².